The highest BCUT2D eigenvalue weighted by molar-refractivity contribution is 5.55. The fourth-order valence-corrected chi connectivity index (χ4v) is 2.13. The Labute approximate surface area is 145 Å². The van der Waals surface area contributed by atoms with Gasteiger partial charge in [0.05, 0.1) is 13.2 Å². The molecular formula is C19H31NO4. The van der Waals surface area contributed by atoms with Crippen molar-refractivity contribution in [2.75, 3.05) is 33.4 Å². The van der Waals surface area contributed by atoms with Gasteiger partial charge in [0.15, 0.2) is 11.5 Å². The second kappa shape index (κ2) is 11.9. The number of nitrogens with one attached hydrogen (secondary N) is 1. The molecule has 1 atom stereocenters. The quantitative estimate of drug-likeness (QED) is 0.574. The Kier molecular flexibility index (Phi) is 10.2. The average molecular weight is 337 g/mol. The van der Waals surface area contributed by atoms with E-state index in [2.05, 4.69) is 5.32 Å². The number of ether oxygens (including phenoxy) is 3. The number of methoxy groups -OCH3 is 1. The highest BCUT2D eigenvalue weighted by atomic mass is 16.5. The summed E-state index contributed by atoms with van der Waals surface area (Å²) in [4.78, 5) is 0. The Balaban J connectivity index is 2.30. The maximum atomic E-state index is 9.99. The van der Waals surface area contributed by atoms with Gasteiger partial charge in [0, 0.05) is 13.2 Å². The maximum Gasteiger partial charge on any atom is 0.161 e. The number of rotatable bonds is 12. The fourth-order valence-electron chi connectivity index (χ4n) is 2.13. The van der Waals surface area contributed by atoms with Crippen LogP contribution in [0.4, 0.5) is 0 Å². The molecule has 1 unspecified atom stereocenters. The van der Waals surface area contributed by atoms with Crippen LogP contribution in [0.2, 0.25) is 0 Å². The van der Waals surface area contributed by atoms with Crippen molar-refractivity contribution in [3.05, 3.63) is 29.8 Å². The number of allylic oxidation sites excluding steroid dienone is 1. The predicted molar refractivity (Wildman–Crippen MR) is 97.8 cm³/mol. The smallest absolute Gasteiger partial charge is 0.161 e. The molecule has 24 heavy (non-hydrogen) atoms. The monoisotopic (exact) mass is 337 g/mol. The molecule has 0 spiro atoms. The zero-order chi connectivity index (χ0) is 17.8. The number of benzene rings is 1. The topological polar surface area (TPSA) is 60.0 Å². The summed E-state index contributed by atoms with van der Waals surface area (Å²) < 4.78 is 16.5. The lowest BCUT2D eigenvalue weighted by molar-refractivity contribution is 0.0748. The van der Waals surface area contributed by atoms with E-state index in [1.807, 2.05) is 51.1 Å². The Morgan fingerprint density at radius 3 is 2.71 bits per heavy atom. The molecule has 0 aliphatic heterocycles. The van der Waals surface area contributed by atoms with Crippen LogP contribution in [0.1, 0.15) is 32.8 Å². The average Bonchev–Trinajstić information content (AvgIpc) is 2.56. The van der Waals surface area contributed by atoms with E-state index < -0.39 is 6.10 Å². The van der Waals surface area contributed by atoms with Crippen LogP contribution >= 0.6 is 0 Å². The van der Waals surface area contributed by atoms with Crippen molar-refractivity contribution in [3.63, 3.8) is 0 Å². The number of aliphatic hydroxyl groups excluding tert-OH is 1. The van der Waals surface area contributed by atoms with Gasteiger partial charge in [0.2, 0.25) is 0 Å². The molecule has 0 heterocycles. The van der Waals surface area contributed by atoms with Crippen molar-refractivity contribution in [2.45, 2.75) is 39.4 Å². The molecular weight excluding hydrogens is 306 g/mol. The molecule has 0 saturated carbocycles. The number of hydrogen-bond acceptors (Lipinski definition) is 5. The van der Waals surface area contributed by atoms with Gasteiger partial charge >= 0.3 is 0 Å². The first-order valence-electron chi connectivity index (χ1n) is 8.50. The first-order chi connectivity index (χ1) is 11.6. The molecule has 5 heteroatoms. The third-order valence-corrected chi connectivity index (χ3v) is 3.31. The van der Waals surface area contributed by atoms with Gasteiger partial charge in [0.1, 0.15) is 12.7 Å². The Morgan fingerprint density at radius 2 is 2.04 bits per heavy atom. The first kappa shape index (κ1) is 20.5. The summed E-state index contributed by atoms with van der Waals surface area (Å²) in [6.45, 7) is 8.25. The highest BCUT2D eigenvalue weighted by Crippen LogP contribution is 2.28. The molecule has 0 amide bonds. The molecule has 0 saturated heterocycles. The van der Waals surface area contributed by atoms with Gasteiger partial charge in [-0.2, -0.15) is 0 Å². The summed E-state index contributed by atoms with van der Waals surface area (Å²) in [6.07, 6.45) is 4.57. The minimum absolute atomic E-state index is 0.217. The Hall–Kier alpha value is -1.56. The van der Waals surface area contributed by atoms with Crippen LogP contribution in [0.3, 0.4) is 0 Å². The van der Waals surface area contributed by atoms with Gasteiger partial charge in [0.25, 0.3) is 0 Å². The standard InChI is InChI=1S/C19H31NO4/c1-5-7-16-8-9-18(19(12-16)22-4)24-14-17(21)13-20-10-6-11-23-15(2)3/h5,7-9,12,15,17,20-21H,6,10-11,13-14H2,1-4H3/b7-5+. The lowest BCUT2D eigenvalue weighted by atomic mass is 10.2. The van der Waals surface area contributed by atoms with Gasteiger partial charge in [-0.1, -0.05) is 18.2 Å². The summed E-state index contributed by atoms with van der Waals surface area (Å²) in [5.41, 5.74) is 1.05. The normalized spacial score (nSPS) is 12.8. The molecule has 136 valence electrons. The van der Waals surface area contributed by atoms with Gasteiger partial charge in [-0.25, -0.2) is 0 Å². The van der Waals surface area contributed by atoms with E-state index in [0.717, 1.165) is 25.1 Å². The third kappa shape index (κ3) is 8.34. The molecule has 0 fully saturated rings. The van der Waals surface area contributed by atoms with Crippen LogP contribution in [0.15, 0.2) is 24.3 Å². The van der Waals surface area contributed by atoms with E-state index in [1.165, 1.54) is 0 Å². The first-order valence-corrected chi connectivity index (χ1v) is 8.50. The molecule has 1 aromatic carbocycles. The van der Waals surface area contributed by atoms with Crippen LogP contribution in [0.5, 0.6) is 11.5 Å². The molecule has 1 aromatic rings. The van der Waals surface area contributed by atoms with Crippen LogP contribution in [-0.2, 0) is 4.74 Å². The summed E-state index contributed by atoms with van der Waals surface area (Å²) in [6, 6.07) is 5.73. The van der Waals surface area contributed by atoms with E-state index in [-0.39, 0.29) is 12.7 Å². The SMILES string of the molecule is C/C=C/c1ccc(OCC(O)CNCCCOC(C)C)c(OC)c1. The number of aliphatic hydroxyl groups is 1. The van der Waals surface area contributed by atoms with Crippen LogP contribution in [0.25, 0.3) is 6.08 Å². The molecule has 0 radical (unpaired) electrons. The summed E-state index contributed by atoms with van der Waals surface area (Å²) in [5.74, 6) is 1.30. The summed E-state index contributed by atoms with van der Waals surface area (Å²) in [7, 11) is 1.61. The van der Waals surface area contributed by atoms with Crippen molar-refractivity contribution in [1.82, 2.24) is 5.32 Å². The van der Waals surface area contributed by atoms with E-state index in [9.17, 15) is 5.11 Å². The Bertz CT molecular complexity index is 488. The second-order valence-electron chi connectivity index (χ2n) is 5.85. The van der Waals surface area contributed by atoms with Gasteiger partial charge in [-0.3, -0.25) is 0 Å². The van der Waals surface area contributed by atoms with E-state index >= 15 is 0 Å². The zero-order valence-corrected chi connectivity index (χ0v) is 15.2. The van der Waals surface area contributed by atoms with Gasteiger partial charge in [-0.05, 0) is 51.4 Å². The maximum absolute atomic E-state index is 9.99. The zero-order valence-electron chi connectivity index (χ0n) is 15.2. The minimum atomic E-state index is -0.573. The van der Waals surface area contributed by atoms with Gasteiger partial charge < -0.3 is 24.6 Å². The lowest BCUT2D eigenvalue weighted by Crippen LogP contribution is -2.32. The third-order valence-electron chi connectivity index (χ3n) is 3.31. The summed E-state index contributed by atoms with van der Waals surface area (Å²) >= 11 is 0. The molecule has 0 aromatic heterocycles. The largest absolute Gasteiger partial charge is 0.493 e. The fraction of sp³-hybridized carbons (Fsp3) is 0.579. The van der Waals surface area contributed by atoms with E-state index in [0.29, 0.717) is 18.0 Å². The van der Waals surface area contributed by atoms with Crippen LogP contribution in [0, 0.1) is 0 Å². The van der Waals surface area contributed by atoms with Crippen molar-refractivity contribution < 1.29 is 19.3 Å². The van der Waals surface area contributed by atoms with Gasteiger partial charge in [-0.15, -0.1) is 0 Å². The molecule has 0 aliphatic rings. The van der Waals surface area contributed by atoms with Crippen LogP contribution < -0.4 is 14.8 Å². The van der Waals surface area contributed by atoms with Crippen LogP contribution in [-0.4, -0.2) is 50.7 Å². The summed E-state index contributed by atoms with van der Waals surface area (Å²) in [5, 5.41) is 13.2. The van der Waals surface area contributed by atoms with Crippen molar-refractivity contribution in [3.8, 4) is 11.5 Å². The lowest BCUT2D eigenvalue weighted by Gasteiger charge is -2.15. The molecule has 1 rings (SSSR count). The highest BCUT2D eigenvalue weighted by Gasteiger charge is 2.09. The van der Waals surface area contributed by atoms with E-state index in [4.69, 9.17) is 14.2 Å². The predicted octanol–water partition coefficient (Wildman–Crippen LogP) is 2.87. The molecule has 0 aliphatic carbocycles. The Morgan fingerprint density at radius 1 is 1.25 bits per heavy atom. The van der Waals surface area contributed by atoms with E-state index in [1.54, 1.807) is 7.11 Å². The second-order valence-corrected chi connectivity index (χ2v) is 5.85. The van der Waals surface area contributed by atoms with Crippen molar-refractivity contribution in [2.24, 2.45) is 0 Å². The number of hydrogen-bond donors (Lipinski definition) is 2. The minimum Gasteiger partial charge on any atom is -0.493 e. The van der Waals surface area contributed by atoms with Crippen molar-refractivity contribution >= 4 is 6.08 Å². The molecule has 2 N–H and O–H groups in total. The molecule has 0 bridgehead atoms. The molecule has 5 nitrogen and oxygen atoms in total. The van der Waals surface area contributed by atoms with Crippen molar-refractivity contribution in [1.29, 1.82) is 0 Å².